The molecule has 2 aromatic heterocycles. The van der Waals surface area contributed by atoms with Gasteiger partial charge in [-0.15, -0.1) is 10.2 Å². The lowest BCUT2D eigenvalue weighted by molar-refractivity contribution is 0.142. The van der Waals surface area contributed by atoms with Crippen molar-refractivity contribution >= 4 is 10.9 Å². The van der Waals surface area contributed by atoms with E-state index in [1.54, 1.807) is 7.11 Å². The molecule has 0 bridgehead atoms. The number of ether oxygens (including phenoxy) is 1. The van der Waals surface area contributed by atoms with Crippen LogP contribution in [0.5, 0.6) is 0 Å². The Morgan fingerprint density at radius 1 is 1.12 bits per heavy atom. The fourth-order valence-electron chi connectivity index (χ4n) is 3.34. The number of aromatic nitrogens is 4. The number of pyridine rings is 1. The van der Waals surface area contributed by atoms with E-state index in [1.165, 1.54) is 5.39 Å². The van der Waals surface area contributed by atoms with Gasteiger partial charge in [0.25, 0.3) is 0 Å². The first-order chi connectivity index (χ1) is 11.8. The van der Waals surface area contributed by atoms with Crippen LogP contribution in [-0.2, 0) is 24.4 Å². The minimum atomic E-state index is 0.213. The van der Waals surface area contributed by atoms with Gasteiger partial charge in [0.05, 0.1) is 17.3 Å². The summed E-state index contributed by atoms with van der Waals surface area (Å²) >= 11 is 0. The number of fused-ring (bicyclic) bond motifs is 2. The van der Waals surface area contributed by atoms with Gasteiger partial charge in [0.1, 0.15) is 12.4 Å². The molecule has 3 heterocycles. The molecule has 1 atom stereocenters. The van der Waals surface area contributed by atoms with Gasteiger partial charge in [-0.25, -0.2) is 0 Å². The lowest BCUT2D eigenvalue weighted by Crippen LogP contribution is -2.37. The van der Waals surface area contributed by atoms with E-state index in [2.05, 4.69) is 50.9 Å². The van der Waals surface area contributed by atoms with Crippen LogP contribution >= 0.6 is 0 Å². The normalized spacial score (nSPS) is 18.0. The number of rotatable bonds is 4. The van der Waals surface area contributed by atoms with E-state index in [9.17, 15) is 0 Å². The molecular weight excluding hydrogens is 302 g/mol. The molecule has 0 saturated carbocycles. The summed E-state index contributed by atoms with van der Waals surface area (Å²) in [6, 6.07) is 12.7. The van der Waals surface area contributed by atoms with Crippen molar-refractivity contribution in [1.29, 1.82) is 0 Å². The summed E-state index contributed by atoms with van der Waals surface area (Å²) in [7, 11) is 1.69. The zero-order chi connectivity index (χ0) is 16.5. The van der Waals surface area contributed by atoms with E-state index < -0.39 is 0 Å². The highest BCUT2D eigenvalue weighted by molar-refractivity contribution is 5.78. The van der Waals surface area contributed by atoms with Crippen LogP contribution in [0.25, 0.3) is 10.9 Å². The summed E-state index contributed by atoms with van der Waals surface area (Å²) in [5, 5.41) is 9.81. The Labute approximate surface area is 141 Å². The molecule has 1 aliphatic heterocycles. The SMILES string of the molecule is COCc1nnc2n1CCN(Cc1ccc3ccccc3n1)[C@H]2C. The van der Waals surface area contributed by atoms with E-state index in [4.69, 9.17) is 9.72 Å². The van der Waals surface area contributed by atoms with Crippen LogP contribution in [-0.4, -0.2) is 38.3 Å². The van der Waals surface area contributed by atoms with E-state index in [-0.39, 0.29) is 6.04 Å². The van der Waals surface area contributed by atoms with Gasteiger partial charge in [0, 0.05) is 32.1 Å². The number of methoxy groups -OCH3 is 1. The van der Waals surface area contributed by atoms with Crippen LogP contribution in [0.3, 0.4) is 0 Å². The van der Waals surface area contributed by atoms with Crippen molar-refractivity contribution < 1.29 is 4.74 Å². The van der Waals surface area contributed by atoms with Crippen molar-refractivity contribution in [2.75, 3.05) is 13.7 Å². The molecule has 0 saturated heterocycles. The average Bonchev–Trinajstić information content (AvgIpc) is 3.01. The zero-order valence-corrected chi connectivity index (χ0v) is 14.0. The summed E-state index contributed by atoms with van der Waals surface area (Å²) in [5.41, 5.74) is 2.14. The first kappa shape index (κ1) is 15.2. The van der Waals surface area contributed by atoms with Gasteiger partial charge in [0.2, 0.25) is 0 Å². The molecule has 3 aromatic rings. The van der Waals surface area contributed by atoms with Crippen LogP contribution in [0.2, 0.25) is 0 Å². The zero-order valence-electron chi connectivity index (χ0n) is 14.0. The van der Waals surface area contributed by atoms with E-state index in [0.29, 0.717) is 6.61 Å². The van der Waals surface area contributed by atoms with Gasteiger partial charge in [-0.1, -0.05) is 24.3 Å². The van der Waals surface area contributed by atoms with Crippen molar-refractivity contribution in [3.8, 4) is 0 Å². The predicted octanol–water partition coefficient (Wildman–Crippen LogP) is 2.55. The molecule has 4 rings (SSSR count). The Kier molecular flexibility index (Phi) is 4.00. The van der Waals surface area contributed by atoms with Crippen molar-refractivity contribution in [3.63, 3.8) is 0 Å². The Balaban J connectivity index is 1.56. The maximum absolute atomic E-state index is 5.20. The molecular formula is C18H21N5O. The third-order valence-electron chi connectivity index (χ3n) is 4.68. The van der Waals surface area contributed by atoms with Crippen molar-refractivity contribution in [2.45, 2.75) is 32.7 Å². The smallest absolute Gasteiger partial charge is 0.159 e. The third-order valence-corrected chi connectivity index (χ3v) is 4.68. The second kappa shape index (κ2) is 6.30. The molecule has 0 radical (unpaired) electrons. The van der Waals surface area contributed by atoms with Gasteiger partial charge in [0.15, 0.2) is 5.82 Å². The number of hydrogen-bond acceptors (Lipinski definition) is 5. The summed E-state index contributed by atoms with van der Waals surface area (Å²) in [5.74, 6) is 1.91. The van der Waals surface area contributed by atoms with Crippen LogP contribution in [0.4, 0.5) is 0 Å². The highest BCUT2D eigenvalue weighted by atomic mass is 16.5. The summed E-state index contributed by atoms with van der Waals surface area (Å²) in [6.45, 7) is 5.35. The van der Waals surface area contributed by atoms with Crippen LogP contribution in [0.1, 0.15) is 30.3 Å². The summed E-state index contributed by atoms with van der Waals surface area (Å²) in [6.07, 6.45) is 0. The topological polar surface area (TPSA) is 56.1 Å². The maximum atomic E-state index is 5.20. The minimum absolute atomic E-state index is 0.213. The monoisotopic (exact) mass is 323 g/mol. The Bertz CT molecular complexity index is 859. The second-order valence-electron chi connectivity index (χ2n) is 6.20. The van der Waals surface area contributed by atoms with Gasteiger partial charge >= 0.3 is 0 Å². The van der Waals surface area contributed by atoms with Gasteiger partial charge in [-0.2, -0.15) is 0 Å². The average molecular weight is 323 g/mol. The number of nitrogens with zero attached hydrogens (tertiary/aromatic N) is 5. The van der Waals surface area contributed by atoms with Crippen LogP contribution in [0, 0.1) is 0 Å². The van der Waals surface area contributed by atoms with Crippen molar-refractivity contribution in [2.24, 2.45) is 0 Å². The van der Waals surface area contributed by atoms with E-state index in [0.717, 1.165) is 42.5 Å². The fourth-order valence-corrected chi connectivity index (χ4v) is 3.34. The Morgan fingerprint density at radius 2 is 2.00 bits per heavy atom. The lowest BCUT2D eigenvalue weighted by atomic mass is 10.1. The minimum Gasteiger partial charge on any atom is -0.377 e. The highest BCUT2D eigenvalue weighted by Crippen LogP contribution is 2.26. The van der Waals surface area contributed by atoms with E-state index >= 15 is 0 Å². The lowest BCUT2D eigenvalue weighted by Gasteiger charge is -2.33. The molecule has 0 fully saturated rings. The molecule has 6 nitrogen and oxygen atoms in total. The first-order valence-electron chi connectivity index (χ1n) is 8.26. The van der Waals surface area contributed by atoms with Crippen LogP contribution < -0.4 is 0 Å². The summed E-state index contributed by atoms with van der Waals surface area (Å²) < 4.78 is 7.38. The molecule has 1 aromatic carbocycles. The number of benzene rings is 1. The molecule has 0 aliphatic carbocycles. The molecule has 6 heteroatoms. The molecule has 124 valence electrons. The van der Waals surface area contributed by atoms with Gasteiger partial charge < -0.3 is 9.30 Å². The molecule has 0 N–H and O–H groups in total. The van der Waals surface area contributed by atoms with Crippen molar-refractivity contribution in [1.82, 2.24) is 24.6 Å². The summed E-state index contributed by atoms with van der Waals surface area (Å²) in [4.78, 5) is 7.19. The Morgan fingerprint density at radius 3 is 2.88 bits per heavy atom. The maximum Gasteiger partial charge on any atom is 0.159 e. The van der Waals surface area contributed by atoms with Gasteiger partial charge in [-0.3, -0.25) is 9.88 Å². The molecule has 1 aliphatic rings. The molecule has 0 amide bonds. The largest absolute Gasteiger partial charge is 0.377 e. The third kappa shape index (κ3) is 2.68. The highest BCUT2D eigenvalue weighted by Gasteiger charge is 2.28. The van der Waals surface area contributed by atoms with Crippen molar-refractivity contribution in [3.05, 3.63) is 53.7 Å². The first-order valence-corrected chi connectivity index (χ1v) is 8.26. The molecule has 0 spiro atoms. The molecule has 0 unspecified atom stereocenters. The standard InChI is InChI=1S/C18H21N5O/c1-13-18-21-20-17(12-24-2)23(18)10-9-22(13)11-15-8-7-14-5-3-4-6-16(14)19-15/h3-8,13H,9-12H2,1-2H3/t13-/m0/s1. The van der Waals surface area contributed by atoms with E-state index in [1.807, 2.05) is 12.1 Å². The molecule has 24 heavy (non-hydrogen) atoms. The fraction of sp³-hybridized carbons (Fsp3) is 0.389. The van der Waals surface area contributed by atoms with Gasteiger partial charge in [-0.05, 0) is 19.1 Å². The Hall–Kier alpha value is -2.31. The second-order valence-corrected chi connectivity index (χ2v) is 6.20. The predicted molar refractivity (Wildman–Crippen MR) is 91.3 cm³/mol. The van der Waals surface area contributed by atoms with Crippen LogP contribution in [0.15, 0.2) is 36.4 Å². The number of para-hydroxylation sites is 1. The number of hydrogen-bond donors (Lipinski definition) is 0. The quantitative estimate of drug-likeness (QED) is 0.738.